The summed E-state index contributed by atoms with van der Waals surface area (Å²) in [6, 6.07) is 4.47. The number of carbonyl (C=O) groups is 1. The number of methoxy groups -OCH3 is 1. The van der Waals surface area contributed by atoms with E-state index >= 15 is 0 Å². The minimum Gasteiger partial charge on any atom is -0.504 e. The molecule has 4 fully saturated rings. The highest BCUT2D eigenvalue weighted by Crippen LogP contribution is 2.61. The third-order valence-corrected chi connectivity index (χ3v) is 9.54. The molecule has 17 nitrogen and oxygen atoms in total. The van der Waals surface area contributed by atoms with Gasteiger partial charge in [0.25, 0.3) is 0 Å². The van der Waals surface area contributed by atoms with Gasteiger partial charge in [-0.3, -0.25) is 0 Å². The highest BCUT2D eigenvalue weighted by Gasteiger charge is 2.77. The molecule has 0 bridgehead atoms. The van der Waals surface area contributed by atoms with Gasteiger partial charge in [0.05, 0.1) is 44.7 Å². The van der Waals surface area contributed by atoms with Gasteiger partial charge in [-0.25, -0.2) is 4.79 Å². The fourth-order valence-electron chi connectivity index (χ4n) is 6.85. The van der Waals surface area contributed by atoms with E-state index in [0.29, 0.717) is 5.56 Å². The number of rotatable bonds is 10. The van der Waals surface area contributed by atoms with Crippen molar-refractivity contribution in [3.05, 3.63) is 42.2 Å². The lowest BCUT2D eigenvalue weighted by Crippen LogP contribution is -2.61. The summed E-state index contributed by atoms with van der Waals surface area (Å²) in [5.74, 6) is -2.19. The van der Waals surface area contributed by atoms with Crippen LogP contribution in [-0.4, -0.2) is 153 Å². The van der Waals surface area contributed by atoms with E-state index in [2.05, 4.69) is 0 Å². The first-order chi connectivity index (χ1) is 22.9. The molecule has 0 aromatic heterocycles. The van der Waals surface area contributed by atoms with E-state index in [1.54, 1.807) is 12.1 Å². The van der Waals surface area contributed by atoms with Crippen LogP contribution in [0.3, 0.4) is 0 Å². The Morgan fingerprint density at radius 2 is 1.71 bits per heavy atom. The molecule has 17 heteroatoms. The second-order valence-corrected chi connectivity index (χ2v) is 12.4. The number of hydrogen-bond acceptors (Lipinski definition) is 17. The summed E-state index contributed by atoms with van der Waals surface area (Å²) in [4.78, 5) is 12.9. The number of aromatic hydroxyl groups is 1. The number of esters is 1. The maximum absolute atomic E-state index is 12.9. The smallest absolute Gasteiger partial charge is 0.331 e. The Balaban J connectivity index is 1.18. The first-order valence-corrected chi connectivity index (χ1v) is 15.4. The van der Waals surface area contributed by atoms with Crippen molar-refractivity contribution >= 4 is 12.0 Å². The van der Waals surface area contributed by atoms with Crippen LogP contribution in [0.4, 0.5) is 0 Å². The minimum absolute atomic E-state index is 0.145. The number of phenols is 1. The van der Waals surface area contributed by atoms with Crippen LogP contribution < -0.4 is 4.74 Å². The molecule has 1 saturated carbocycles. The van der Waals surface area contributed by atoms with Crippen LogP contribution in [-0.2, 0) is 38.0 Å². The number of benzene rings is 1. The molecule has 0 amide bonds. The molecule has 1 aliphatic carbocycles. The van der Waals surface area contributed by atoms with E-state index in [1.165, 1.54) is 38.5 Å². The number of aliphatic hydroxyl groups excluding tert-OH is 7. The van der Waals surface area contributed by atoms with Crippen LogP contribution in [0.1, 0.15) is 12.5 Å². The Hall–Kier alpha value is -2.91. The zero-order valence-electron chi connectivity index (χ0n) is 25.9. The highest BCUT2D eigenvalue weighted by molar-refractivity contribution is 5.87. The molecule has 4 heterocycles. The molecule has 266 valence electrons. The fourth-order valence-corrected chi connectivity index (χ4v) is 6.85. The zero-order chi connectivity index (χ0) is 34.5. The van der Waals surface area contributed by atoms with Gasteiger partial charge in [-0.1, -0.05) is 6.07 Å². The molecule has 48 heavy (non-hydrogen) atoms. The van der Waals surface area contributed by atoms with Gasteiger partial charge in [-0.2, -0.15) is 0 Å². The Bertz CT molecular complexity index is 1370. The van der Waals surface area contributed by atoms with E-state index in [0.717, 1.165) is 6.08 Å². The SMILES string of the molecule is COc1ccc(C=CC(=O)O[C@H]2[C@H](O[C@H]3[C@@H]4C=CO[C@@H](O[C@@H]5O[C@H](CO)[C@@H](O)[C@H](O)[C@H]5O)[C@@H]4[C@@]4(CO)O[C@@H]34)O[C@@H](C)[C@H](O)[C@H]2O)cc1O. The minimum atomic E-state index is -1.71. The summed E-state index contributed by atoms with van der Waals surface area (Å²) in [5, 5.41) is 82.4. The summed E-state index contributed by atoms with van der Waals surface area (Å²) in [6.07, 6.45) is -12.2. The van der Waals surface area contributed by atoms with E-state index in [-0.39, 0.29) is 11.5 Å². The van der Waals surface area contributed by atoms with Gasteiger partial charge in [0.15, 0.2) is 30.2 Å². The van der Waals surface area contributed by atoms with Gasteiger partial charge in [0.1, 0.15) is 48.3 Å². The van der Waals surface area contributed by atoms with Crippen LogP contribution in [0, 0.1) is 11.8 Å². The van der Waals surface area contributed by atoms with E-state index in [1.807, 2.05) is 0 Å². The highest BCUT2D eigenvalue weighted by atomic mass is 16.8. The van der Waals surface area contributed by atoms with Crippen LogP contribution >= 0.6 is 0 Å². The van der Waals surface area contributed by atoms with Gasteiger partial charge in [-0.05, 0) is 36.8 Å². The molecule has 1 aromatic rings. The first kappa shape index (κ1) is 34.9. The molecule has 0 unspecified atom stereocenters. The molecule has 1 aromatic carbocycles. The molecular weight excluding hydrogens is 644 g/mol. The predicted molar refractivity (Wildman–Crippen MR) is 155 cm³/mol. The standard InChI is InChI=1S/C31H40O17/c1-12-20(36)23(39)26(45-18(35)6-4-13-3-5-16(41-2)15(34)9-13)30(43-12)46-25-14-7-8-42-28(19(14)31(11-33)27(25)48-31)47-29-24(40)22(38)21(37)17(10-32)44-29/h3-9,12,14,17,19-30,32-34,36-40H,10-11H2,1-2H3/t12-,14+,17+,19+,20-,21+,22-,23+,24+,25-,26+,27-,28-,29-,30-,31+/m0/s1. The Kier molecular flexibility index (Phi) is 10.0. The number of fused-ring (bicyclic) bond motifs is 3. The lowest BCUT2D eigenvalue weighted by atomic mass is 9.85. The monoisotopic (exact) mass is 684 g/mol. The van der Waals surface area contributed by atoms with Gasteiger partial charge < -0.3 is 78.7 Å². The molecule has 8 N–H and O–H groups in total. The molecule has 0 spiro atoms. The van der Waals surface area contributed by atoms with Crippen molar-refractivity contribution in [1.29, 1.82) is 0 Å². The maximum atomic E-state index is 12.9. The number of phenolic OH excluding ortho intramolecular Hbond substituents is 1. The topological polar surface area (TPSA) is 256 Å². The molecule has 6 rings (SSSR count). The second kappa shape index (κ2) is 13.8. The maximum Gasteiger partial charge on any atom is 0.331 e. The van der Waals surface area contributed by atoms with Crippen molar-refractivity contribution in [2.24, 2.45) is 11.8 Å². The summed E-state index contributed by atoms with van der Waals surface area (Å²) >= 11 is 0. The summed E-state index contributed by atoms with van der Waals surface area (Å²) in [7, 11) is 1.40. The van der Waals surface area contributed by atoms with Crippen molar-refractivity contribution in [3.63, 3.8) is 0 Å². The van der Waals surface area contributed by atoms with Gasteiger partial charge in [0, 0.05) is 12.0 Å². The first-order valence-electron chi connectivity index (χ1n) is 15.4. The van der Waals surface area contributed by atoms with Gasteiger partial charge in [0.2, 0.25) is 6.29 Å². The third kappa shape index (κ3) is 6.19. The number of carbonyl (C=O) groups excluding carboxylic acids is 1. The number of epoxide rings is 1. The zero-order valence-corrected chi connectivity index (χ0v) is 25.9. The van der Waals surface area contributed by atoms with E-state index in [9.17, 15) is 45.6 Å². The van der Waals surface area contributed by atoms with E-state index in [4.69, 9.17) is 37.9 Å². The lowest BCUT2D eigenvalue weighted by Gasteiger charge is -2.44. The van der Waals surface area contributed by atoms with Crippen molar-refractivity contribution in [1.82, 2.24) is 0 Å². The van der Waals surface area contributed by atoms with Crippen molar-refractivity contribution < 1.29 is 83.5 Å². The molecule has 5 aliphatic rings. The van der Waals surface area contributed by atoms with Gasteiger partial charge in [-0.15, -0.1) is 0 Å². The molecule has 3 saturated heterocycles. The number of hydrogen-bond donors (Lipinski definition) is 8. The molecule has 4 aliphatic heterocycles. The summed E-state index contributed by atoms with van der Waals surface area (Å²) in [6.45, 7) is 0.328. The second-order valence-electron chi connectivity index (χ2n) is 12.4. The Morgan fingerprint density at radius 1 is 0.938 bits per heavy atom. The van der Waals surface area contributed by atoms with Crippen molar-refractivity contribution in [2.45, 2.75) is 92.4 Å². The van der Waals surface area contributed by atoms with Crippen LogP contribution in [0.25, 0.3) is 6.08 Å². The predicted octanol–water partition coefficient (Wildman–Crippen LogP) is -2.76. The Labute approximate surface area is 274 Å². The fraction of sp³-hybridized carbons (Fsp3) is 0.645. The quantitative estimate of drug-likeness (QED) is 0.0705. The van der Waals surface area contributed by atoms with Gasteiger partial charge >= 0.3 is 5.97 Å². The summed E-state index contributed by atoms with van der Waals surface area (Å²) < 4.78 is 45.7. The lowest BCUT2D eigenvalue weighted by molar-refractivity contribution is -0.347. The molecule has 0 radical (unpaired) electrons. The normalized spacial score (nSPS) is 44.9. The van der Waals surface area contributed by atoms with Crippen molar-refractivity contribution in [2.75, 3.05) is 20.3 Å². The molecular formula is C31H40O17. The average molecular weight is 685 g/mol. The third-order valence-electron chi connectivity index (χ3n) is 9.54. The number of aliphatic hydroxyl groups is 7. The number of ether oxygens (including phenoxy) is 8. The summed E-state index contributed by atoms with van der Waals surface area (Å²) in [5.41, 5.74) is -0.807. The van der Waals surface area contributed by atoms with Crippen LogP contribution in [0.15, 0.2) is 36.6 Å². The largest absolute Gasteiger partial charge is 0.504 e. The van der Waals surface area contributed by atoms with E-state index < -0.39 is 117 Å². The average Bonchev–Trinajstić information content (AvgIpc) is 3.75. The molecule has 16 atom stereocenters. The Morgan fingerprint density at radius 3 is 2.40 bits per heavy atom. The van der Waals surface area contributed by atoms with Crippen LogP contribution in [0.2, 0.25) is 0 Å². The van der Waals surface area contributed by atoms with Crippen molar-refractivity contribution in [3.8, 4) is 11.5 Å². The van der Waals surface area contributed by atoms with Crippen LogP contribution in [0.5, 0.6) is 11.5 Å².